The Balaban J connectivity index is 5.28. The van der Waals surface area contributed by atoms with Crippen LogP contribution >= 0.6 is 15.6 Å². The van der Waals surface area contributed by atoms with Crippen molar-refractivity contribution in [2.24, 2.45) is 0 Å². The molecular weight excluding hydrogens is 1230 g/mol. The minimum atomic E-state index is -4.96. The van der Waals surface area contributed by atoms with Crippen molar-refractivity contribution in [2.45, 2.75) is 393 Å². The molecule has 0 aromatic rings. The van der Waals surface area contributed by atoms with Crippen LogP contribution in [0.15, 0.2) is 24.3 Å². The molecule has 0 spiro atoms. The van der Waals surface area contributed by atoms with Gasteiger partial charge >= 0.3 is 39.5 Å². The van der Waals surface area contributed by atoms with Gasteiger partial charge in [0.1, 0.15) is 19.3 Å². The molecule has 0 heterocycles. The number of aliphatic hydroxyl groups excluding tert-OH is 1. The number of hydrogen-bond acceptors (Lipinski definition) is 15. The van der Waals surface area contributed by atoms with Gasteiger partial charge in [-0.2, -0.15) is 0 Å². The summed E-state index contributed by atoms with van der Waals surface area (Å²) in [7, 11) is -9.92. The lowest BCUT2D eigenvalue weighted by Crippen LogP contribution is -2.30. The second kappa shape index (κ2) is 69.0. The van der Waals surface area contributed by atoms with Gasteiger partial charge in [0, 0.05) is 25.7 Å². The van der Waals surface area contributed by atoms with Crippen molar-refractivity contribution in [1.29, 1.82) is 0 Å². The zero-order valence-corrected chi connectivity index (χ0v) is 62.2. The Morgan fingerprint density at radius 2 is 0.489 bits per heavy atom. The maximum Gasteiger partial charge on any atom is 0.472 e. The second-order valence-electron chi connectivity index (χ2n) is 26.3. The van der Waals surface area contributed by atoms with Gasteiger partial charge in [0.05, 0.1) is 26.4 Å². The molecule has 0 aliphatic carbocycles. The quantitative estimate of drug-likeness (QED) is 0.0169. The summed E-state index contributed by atoms with van der Waals surface area (Å²) in [4.78, 5) is 72.8. The maximum absolute atomic E-state index is 13.1. The van der Waals surface area contributed by atoms with Gasteiger partial charge in [0.2, 0.25) is 0 Å². The van der Waals surface area contributed by atoms with E-state index in [0.717, 1.165) is 122 Å². The zero-order valence-electron chi connectivity index (χ0n) is 60.4. The number of unbranched alkanes of at least 4 members (excludes halogenated alkanes) is 44. The number of aliphatic hydroxyl groups is 1. The smallest absolute Gasteiger partial charge is 0.462 e. The summed E-state index contributed by atoms with van der Waals surface area (Å²) in [6.07, 6.45) is 61.6. The highest BCUT2D eigenvalue weighted by molar-refractivity contribution is 7.47. The number of rotatable bonds is 74. The first-order valence-corrected chi connectivity index (χ1v) is 41.6. The van der Waals surface area contributed by atoms with E-state index in [9.17, 15) is 43.2 Å². The molecule has 0 saturated heterocycles. The van der Waals surface area contributed by atoms with Gasteiger partial charge in [-0.15, -0.1) is 0 Å². The van der Waals surface area contributed by atoms with Crippen molar-refractivity contribution >= 4 is 39.5 Å². The van der Waals surface area contributed by atoms with Crippen molar-refractivity contribution in [3.8, 4) is 0 Å². The number of carbonyl (C=O) groups excluding carboxylic acids is 4. The Morgan fingerprint density at radius 1 is 0.287 bits per heavy atom. The molecule has 5 atom stereocenters. The standard InChI is InChI=1S/C75H142O17P2/c1-5-9-13-17-21-25-29-33-34-38-40-44-48-52-56-60-73(78)86-66-71(92-75(80)62-58-54-50-46-42-37-32-28-24-20-16-12-8-4)68-90-94(83,84)88-64-69(76)63-87-93(81,82)89-67-70(91-74(79)61-57-53-49-45-41-36-31-27-23-19-15-11-7-3)65-85-72(77)59-55-51-47-43-39-35-30-26-22-18-14-10-6-2/h25,27,29,31,69-71,76H,5-24,26,28,30,32-68H2,1-4H3,(H,81,82)(H,83,84)/b29-25-,31-27-/t69-,70+,71+/m0/s1. The molecule has 554 valence electrons. The highest BCUT2D eigenvalue weighted by Crippen LogP contribution is 2.45. The number of hydrogen-bond donors (Lipinski definition) is 3. The number of phosphoric acid groups is 2. The van der Waals surface area contributed by atoms with E-state index in [0.29, 0.717) is 25.7 Å². The lowest BCUT2D eigenvalue weighted by Gasteiger charge is -2.21. The minimum Gasteiger partial charge on any atom is -0.462 e. The third kappa shape index (κ3) is 68.1. The third-order valence-corrected chi connectivity index (χ3v) is 18.8. The first-order chi connectivity index (χ1) is 45.7. The van der Waals surface area contributed by atoms with Gasteiger partial charge in [-0.05, 0) is 77.0 Å². The summed E-state index contributed by atoms with van der Waals surface area (Å²) in [6, 6.07) is 0. The largest absolute Gasteiger partial charge is 0.472 e. The van der Waals surface area contributed by atoms with Crippen molar-refractivity contribution in [3.05, 3.63) is 24.3 Å². The first kappa shape index (κ1) is 91.5. The van der Waals surface area contributed by atoms with Crippen LogP contribution in [0.4, 0.5) is 0 Å². The van der Waals surface area contributed by atoms with Crippen molar-refractivity contribution in [2.75, 3.05) is 39.6 Å². The van der Waals surface area contributed by atoms with Gasteiger partial charge in [0.25, 0.3) is 0 Å². The Bertz CT molecular complexity index is 1880. The molecule has 0 aromatic carbocycles. The molecule has 0 aromatic heterocycles. The minimum absolute atomic E-state index is 0.0935. The molecule has 0 rings (SSSR count). The van der Waals surface area contributed by atoms with E-state index in [1.54, 1.807) is 0 Å². The molecule has 2 unspecified atom stereocenters. The maximum atomic E-state index is 13.1. The number of allylic oxidation sites excluding steroid dienone is 4. The van der Waals surface area contributed by atoms with Gasteiger partial charge < -0.3 is 33.8 Å². The summed E-state index contributed by atoms with van der Waals surface area (Å²) < 4.78 is 68.5. The molecular formula is C75H142O17P2. The molecule has 0 aliphatic heterocycles. The number of ether oxygens (including phenoxy) is 4. The van der Waals surface area contributed by atoms with Crippen LogP contribution in [0.2, 0.25) is 0 Å². The van der Waals surface area contributed by atoms with Crippen LogP contribution < -0.4 is 0 Å². The average molecular weight is 1380 g/mol. The molecule has 0 fully saturated rings. The predicted molar refractivity (Wildman–Crippen MR) is 381 cm³/mol. The average Bonchev–Trinajstić information content (AvgIpc) is 1.67. The van der Waals surface area contributed by atoms with E-state index >= 15 is 0 Å². The van der Waals surface area contributed by atoms with E-state index in [4.69, 9.17) is 37.0 Å². The lowest BCUT2D eigenvalue weighted by molar-refractivity contribution is -0.161. The molecule has 0 radical (unpaired) electrons. The molecule has 19 heteroatoms. The second-order valence-corrected chi connectivity index (χ2v) is 29.2. The molecule has 17 nitrogen and oxygen atoms in total. The van der Waals surface area contributed by atoms with Crippen LogP contribution in [-0.2, 0) is 65.4 Å². The molecule has 0 aliphatic rings. The SMILES string of the molecule is CCCCCC/C=C\CCCCCCCCCC(=O)OC[C@H](COP(=O)(O)OC[C@@H](O)COP(=O)(O)OC[C@@H](COC(=O)CCCCCCCCCCCCCCC)OC(=O)CCCCCCC/C=C\CCCCCC)OC(=O)CCCCCCCCCCCCCCC. The lowest BCUT2D eigenvalue weighted by atomic mass is 10.0. The fraction of sp³-hybridized carbons (Fsp3) is 0.893. The summed E-state index contributed by atoms with van der Waals surface area (Å²) in [5.41, 5.74) is 0. The van der Waals surface area contributed by atoms with E-state index in [1.807, 2.05) is 0 Å². The molecule has 94 heavy (non-hydrogen) atoms. The van der Waals surface area contributed by atoms with Gasteiger partial charge in [-0.3, -0.25) is 37.3 Å². The Hall–Kier alpha value is -2.46. The van der Waals surface area contributed by atoms with Crippen LogP contribution in [0, 0.1) is 0 Å². The summed E-state index contributed by atoms with van der Waals surface area (Å²) in [5, 5.41) is 10.6. The van der Waals surface area contributed by atoms with E-state index in [1.165, 1.54) is 173 Å². The van der Waals surface area contributed by atoms with Crippen molar-refractivity contribution in [1.82, 2.24) is 0 Å². The Morgan fingerprint density at radius 3 is 0.745 bits per heavy atom. The molecule has 0 amide bonds. The Kier molecular flexibility index (Phi) is 67.2. The molecule has 3 N–H and O–H groups in total. The van der Waals surface area contributed by atoms with E-state index in [-0.39, 0.29) is 25.7 Å². The Labute approximate surface area is 573 Å². The normalized spacial score (nSPS) is 14.1. The molecule has 0 bridgehead atoms. The monoisotopic (exact) mass is 1380 g/mol. The zero-order chi connectivity index (χ0) is 69.0. The predicted octanol–water partition coefficient (Wildman–Crippen LogP) is 21.8. The topological polar surface area (TPSA) is 237 Å². The van der Waals surface area contributed by atoms with Gasteiger partial charge in [-0.1, -0.05) is 296 Å². The van der Waals surface area contributed by atoms with Crippen molar-refractivity contribution < 1.29 is 80.2 Å². The highest BCUT2D eigenvalue weighted by atomic mass is 31.2. The van der Waals surface area contributed by atoms with Gasteiger partial charge in [-0.25, -0.2) is 9.13 Å². The fourth-order valence-electron chi connectivity index (χ4n) is 11.0. The number of carbonyl (C=O) groups is 4. The first-order valence-electron chi connectivity index (χ1n) is 38.6. The van der Waals surface area contributed by atoms with Gasteiger partial charge in [0.15, 0.2) is 12.2 Å². The summed E-state index contributed by atoms with van der Waals surface area (Å²) in [6.45, 7) is 4.92. The number of phosphoric ester groups is 2. The van der Waals surface area contributed by atoms with Crippen LogP contribution in [0.1, 0.15) is 374 Å². The highest BCUT2D eigenvalue weighted by Gasteiger charge is 2.30. The van der Waals surface area contributed by atoms with Crippen LogP contribution in [-0.4, -0.2) is 96.7 Å². The summed E-state index contributed by atoms with van der Waals surface area (Å²) in [5.74, 6) is -2.14. The fourth-order valence-corrected chi connectivity index (χ4v) is 12.6. The van der Waals surface area contributed by atoms with Crippen molar-refractivity contribution in [3.63, 3.8) is 0 Å². The van der Waals surface area contributed by atoms with Crippen LogP contribution in [0.25, 0.3) is 0 Å². The van der Waals surface area contributed by atoms with E-state index < -0.39 is 97.5 Å². The van der Waals surface area contributed by atoms with E-state index in [2.05, 4.69) is 52.0 Å². The molecule has 0 saturated carbocycles. The summed E-state index contributed by atoms with van der Waals surface area (Å²) >= 11 is 0. The van der Waals surface area contributed by atoms with Crippen LogP contribution in [0.5, 0.6) is 0 Å². The third-order valence-electron chi connectivity index (χ3n) is 16.9. The number of esters is 4. The van der Waals surface area contributed by atoms with Crippen LogP contribution in [0.3, 0.4) is 0 Å².